The predicted octanol–water partition coefficient (Wildman–Crippen LogP) is 4.60. The van der Waals surface area contributed by atoms with E-state index in [1.807, 2.05) is 37.5 Å². The molecule has 0 fully saturated rings. The Bertz CT molecular complexity index is 1250. The van der Waals surface area contributed by atoms with Gasteiger partial charge in [0.2, 0.25) is 6.41 Å². The minimum atomic E-state index is -0.266. The third-order valence-electron chi connectivity index (χ3n) is 5.04. The predicted molar refractivity (Wildman–Crippen MR) is 129 cm³/mol. The van der Waals surface area contributed by atoms with Crippen LogP contribution in [0.2, 0.25) is 0 Å². The first kappa shape index (κ1) is 22.6. The fourth-order valence-corrected chi connectivity index (χ4v) is 3.99. The average molecular weight is 509 g/mol. The van der Waals surface area contributed by atoms with Gasteiger partial charge in [0, 0.05) is 42.2 Å². The molecule has 1 N–H and O–H groups in total. The number of aryl methyl sites for hydroxylation is 1. The average Bonchev–Trinajstić information content (AvgIpc) is 3.25. The third-order valence-corrected chi connectivity index (χ3v) is 5.65. The number of nitrogens with one attached hydrogen (secondary N) is 1. The van der Waals surface area contributed by atoms with E-state index in [2.05, 4.69) is 31.3 Å². The molecule has 9 heteroatoms. The van der Waals surface area contributed by atoms with Crippen LogP contribution in [0, 0.1) is 5.82 Å². The minimum Gasteiger partial charge on any atom is -0.368 e. The summed E-state index contributed by atoms with van der Waals surface area (Å²) >= 11 is 3.60. The molecule has 1 aromatic carbocycles. The second-order valence-electron chi connectivity index (χ2n) is 7.49. The van der Waals surface area contributed by atoms with Crippen LogP contribution >= 0.6 is 15.9 Å². The molecule has 168 valence electrons. The van der Waals surface area contributed by atoms with Gasteiger partial charge >= 0.3 is 0 Å². The largest absolute Gasteiger partial charge is 0.368 e. The Balaban J connectivity index is 1.65. The molecule has 0 aliphatic carbocycles. The number of hydrogen-bond donors (Lipinski definition) is 1. The summed E-state index contributed by atoms with van der Waals surface area (Å²) in [6, 6.07) is 12.1. The Hall–Kier alpha value is -3.59. The van der Waals surface area contributed by atoms with E-state index in [-0.39, 0.29) is 5.82 Å². The highest BCUT2D eigenvalue weighted by molar-refractivity contribution is 9.10. The first-order valence-electron chi connectivity index (χ1n) is 10.3. The molecule has 7 nitrogen and oxygen atoms in total. The number of benzene rings is 1. The quantitative estimate of drug-likeness (QED) is 0.334. The van der Waals surface area contributed by atoms with Crippen molar-refractivity contribution in [3.05, 3.63) is 88.7 Å². The monoisotopic (exact) mass is 508 g/mol. The summed E-state index contributed by atoms with van der Waals surface area (Å²) in [4.78, 5) is 22.6. The highest BCUT2D eigenvalue weighted by Crippen LogP contribution is 2.35. The Kier molecular flexibility index (Phi) is 7.09. The second kappa shape index (κ2) is 10.4. The molecule has 4 aromatic rings. The van der Waals surface area contributed by atoms with Gasteiger partial charge in [-0.1, -0.05) is 18.2 Å². The molecule has 0 aliphatic heterocycles. The first-order chi connectivity index (χ1) is 16.0. The van der Waals surface area contributed by atoms with Crippen molar-refractivity contribution in [2.75, 3.05) is 16.8 Å². The number of amides is 1. The Morgan fingerprint density at radius 2 is 2.03 bits per heavy atom. The van der Waals surface area contributed by atoms with E-state index in [1.54, 1.807) is 34.2 Å². The molecule has 0 radical (unpaired) electrons. The first-order valence-corrected chi connectivity index (χ1v) is 11.1. The highest BCUT2D eigenvalue weighted by Gasteiger charge is 2.18. The Labute approximate surface area is 199 Å². The molecule has 1 amide bonds. The molecule has 0 aliphatic rings. The van der Waals surface area contributed by atoms with Crippen LogP contribution in [0.5, 0.6) is 0 Å². The standard InChI is InChI=1S/C24H22BrFN6O/c1-31-15-19(13-29-31)23-21(25)11-22(32(16-33)14-18-5-3-8-27-12-18)24(30-23)28-9-7-17-4-2-6-20(26)10-17/h2-6,8,10-13,15-16H,7,9,14H2,1H3,(H,28,30). The lowest BCUT2D eigenvalue weighted by Gasteiger charge is -2.22. The lowest BCUT2D eigenvalue weighted by molar-refractivity contribution is -0.107. The van der Waals surface area contributed by atoms with E-state index in [1.165, 1.54) is 12.1 Å². The molecule has 0 bridgehead atoms. The maximum Gasteiger partial charge on any atom is 0.214 e. The molecular formula is C24H22BrFN6O. The maximum atomic E-state index is 13.5. The molecule has 0 saturated heterocycles. The summed E-state index contributed by atoms with van der Waals surface area (Å²) in [6.45, 7) is 0.855. The fourth-order valence-electron chi connectivity index (χ4n) is 3.46. The SMILES string of the molecule is Cn1cc(-c2nc(NCCc3cccc(F)c3)c(N(C=O)Cc3cccnc3)cc2Br)cn1. The number of pyridine rings is 2. The molecule has 0 saturated carbocycles. The Morgan fingerprint density at radius 3 is 2.73 bits per heavy atom. The van der Waals surface area contributed by atoms with Gasteiger partial charge in [-0.25, -0.2) is 9.37 Å². The van der Waals surface area contributed by atoms with Gasteiger partial charge in [-0.3, -0.25) is 14.5 Å². The highest BCUT2D eigenvalue weighted by atomic mass is 79.9. The topological polar surface area (TPSA) is 75.9 Å². The van der Waals surface area contributed by atoms with Gasteiger partial charge in [0.15, 0.2) is 5.82 Å². The molecule has 4 rings (SSSR count). The lowest BCUT2D eigenvalue weighted by atomic mass is 10.1. The van der Waals surface area contributed by atoms with Gasteiger partial charge in [-0.05, 0) is 57.7 Å². The zero-order valence-electron chi connectivity index (χ0n) is 17.9. The van der Waals surface area contributed by atoms with Gasteiger partial charge in [0.25, 0.3) is 0 Å². The van der Waals surface area contributed by atoms with Crippen LogP contribution in [0.3, 0.4) is 0 Å². The van der Waals surface area contributed by atoms with Gasteiger partial charge in [-0.15, -0.1) is 0 Å². The number of carbonyl (C=O) groups is 1. The molecule has 3 aromatic heterocycles. The van der Waals surface area contributed by atoms with E-state index in [9.17, 15) is 9.18 Å². The lowest BCUT2D eigenvalue weighted by Crippen LogP contribution is -2.23. The van der Waals surface area contributed by atoms with Crippen LogP contribution in [-0.4, -0.2) is 32.7 Å². The molecule has 33 heavy (non-hydrogen) atoms. The molecular weight excluding hydrogens is 487 g/mol. The number of aromatic nitrogens is 4. The van der Waals surface area contributed by atoms with Crippen LogP contribution in [0.1, 0.15) is 11.1 Å². The van der Waals surface area contributed by atoms with Gasteiger partial charge in [0.1, 0.15) is 5.82 Å². The maximum absolute atomic E-state index is 13.5. The summed E-state index contributed by atoms with van der Waals surface area (Å²) in [6.07, 6.45) is 8.39. The zero-order valence-corrected chi connectivity index (χ0v) is 19.5. The van der Waals surface area contributed by atoms with E-state index in [4.69, 9.17) is 4.98 Å². The molecule has 0 spiro atoms. The number of hydrogen-bond acceptors (Lipinski definition) is 5. The van der Waals surface area contributed by atoms with Crippen molar-refractivity contribution in [1.29, 1.82) is 0 Å². The van der Waals surface area contributed by atoms with Crippen LogP contribution in [0.25, 0.3) is 11.3 Å². The molecule has 0 unspecified atom stereocenters. The van der Waals surface area contributed by atoms with Crippen molar-refractivity contribution in [1.82, 2.24) is 19.7 Å². The minimum absolute atomic E-state index is 0.266. The van der Waals surface area contributed by atoms with Gasteiger partial charge in [-0.2, -0.15) is 5.10 Å². The third kappa shape index (κ3) is 5.61. The van der Waals surface area contributed by atoms with E-state index >= 15 is 0 Å². The number of rotatable bonds is 9. The summed E-state index contributed by atoms with van der Waals surface area (Å²) in [5.41, 5.74) is 3.92. The molecule has 3 heterocycles. The van der Waals surface area contributed by atoms with Crippen molar-refractivity contribution < 1.29 is 9.18 Å². The number of halogens is 2. The van der Waals surface area contributed by atoms with Crippen LogP contribution < -0.4 is 10.2 Å². The van der Waals surface area contributed by atoms with E-state index in [0.717, 1.165) is 27.6 Å². The van der Waals surface area contributed by atoms with Gasteiger partial charge in [0.05, 0.1) is 24.1 Å². The zero-order chi connectivity index (χ0) is 23.2. The second-order valence-corrected chi connectivity index (χ2v) is 8.34. The normalized spacial score (nSPS) is 10.8. The Morgan fingerprint density at radius 1 is 1.18 bits per heavy atom. The van der Waals surface area contributed by atoms with Crippen molar-refractivity contribution in [3.63, 3.8) is 0 Å². The van der Waals surface area contributed by atoms with E-state index < -0.39 is 0 Å². The van der Waals surface area contributed by atoms with Crippen molar-refractivity contribution in [2.45, 2.75) is 13.0 Å². The van der Waals surface area contributed by atoms with Crippen LogP contribution in [0.4, 0.5) is 15.9 Å². The van der Waals surface area contributed by atoms with Crippen molar-refractivity contribution in [3.8, 4) is 11.3 Å². The fraction of sp³-hybridized carbons (Fsp3) is 0.167. The number of nitrogens with zero attached hydrogens (tertiary/aromatic N) is 5. The van der Waals surface area contributed by atoms with Crippen molar-refractivity contribution >= 4 is 33.8 Å². The van der Waals surface area contributed by atoms with Crippen LogP contribution in [-0.2, 0) is 24.8 Å². The van der Waals surface area contributed by atoms with E-state index in [0.29, 0.717) is 36.7 Å². The molecule has 0 atom stereocenters. The number of anilines is 2. The number of carbonyl (C=O) groups excluding carboxylic acids is 1. The summed E-state index contributed by atoms with van der Waals surface area (Å²) in [5.74, 6) is 0.280. The summed E-state index contributed by atoms with van der Waals surface area (Å²) < 4.78 is 16.0. The summed E-state index contributed by atoms with van der Waals surface area (Å²) in [7, 11) is 1.84. The van der Waals surface area contributed by atoms with Crippen molar-refractivity contribution in [2.24, 2.45) is 7.05 Å². The van der Waals surface area contributed by atoms with Gasteiger partial charge < -0.3 is 10.2 Å². The van der Waals surface area contributed by atoms with Crippen LogP contribution in [0.15, 0.2) is 71.7 Å². The smallest absolute Gasteiger partial charge is 0.214 e. The summed E-state index contributed by atoms with van der Waals surface area (Å²) in [5, 5.41) is 7.56.